The van der Waals surface area contributed by atoms with Gasteiger partial charge in [0.15, 0.2) is 0 Å². The van der Waals surface area contributed by atoms with Gasteiger partial charge in [0.1, 0.15) is 11.2 Å². The van der Waals surface area contributed by atoms with Crippen LogP contribution in [0.4, 0.5) is 0 Å². The smallest absolute Gasteiger partial charge is 0.259 e. The van der Waals surface area contributed by atoms with E-state index in [1.165, 1.54) is 0 Å². The third-order valence-electron chi connectivity index (χ3n) is 4.05. The molecule has 1 aliphatic rings. The van der Waals surface area contributed by atoms with Gasteiger partial charge in [-0.05, 0) is 0 Å². The molecule has 0 aliphatic carbocycles. The van der Waals surface area contributed by atoms with Gasteiger partial charge in [-0.1, -0.05) is 0 Å². The highest BCUT2D eigenvalue weighted by molar-refractivity contribution is 5.99. The maximum Gasteiger partial charge on any atom is 0.259 e. The largest absolute Gasteiger partial charge is 0.395 e. The second-order valence-electron chi connectivity index (χ2n) is 5.66. The molecule has 0 radical (unpaired) electrons. The van der Waals surface area contributed by atoms with Gasteiger partial charge in [-0.2, -0.15) is 5.10 Å². The van der Waals surface area contributed by atoms with Gasteiger partial charge in [0.2, 0.25) is 0 Å². The van der Waals surface area contributed by atoms with E-state index in [1.54, 1.807) is 21.8 Å². The number of imidazole rings is 1. The Morgan fingerprint density at radius 2 is 2.18 bits per heavy atom. The Hall–Kier alpha value is -1.90. The zero-order chi connectivity index (χ0) is 15.7. The number of aliphatic hydroxyl groups excluding tert-OH is 2. The second-order valence-corrected chi connectivity index (χ2v) is 5.66. The molecule has 8 nitrogen and oxygen atoms in total. The maximum absolute atomic E-state index is 12.8. The number of amides is 1. The Kier molecular flexibility index (Phi) is 4.14. The lowest BCUT2D eigenvalue weighted by molar-refractivity contribution is 0.0662. The van der Waals surface area contributed by atoms with Crippen LogP contribution in [0.5, 0.6) is 0 Å². The van der Waals surface area contributed by atoms with Gasteiger partial charge in [0, 0.05) is 52.2 Å². The number of carbonyl (C=O) groups is 1. The zero-order valence-electron chi connectivity index (χ0n) is 12.6. The van der Waals surface area contributed by atoms with Gasteiger partial charge in [-0.15, -0.1) is 0 Å². The number of aromatic nitrogens is 3. The van der Waals surface area contributed by atoms with Gasteiger partial charge < -0.3 is 19.7 Å². The summed E-state index contributed by atoms with van der Waals surface area (Å²) in [4.78, 5) is 16.4. The van der Waals surface area contributed by atoms with E-state index in [4.69, 9.17) is 5.11 Å². The van der Waals surface area contributed by atoms with Gasteiger partial charge in [-0.3, -0.25) is 9.69 Å². The molecule has 3 rings (SSSR count). The van der Waals surface area contributed by atoms with Crippen LogP contribution in [-0.2, 0) is 7.05 Å². The van der Waals surface area contributed by atoms with Crippen LogP contribution in [0.1, 0.15) is 10.4 Å². The van der Waals surface area contributed by atoms with Crippen molar-refractivity contribution in [3.63, 3.8) is 0 Å². The summed E-state index contributed by atoms with van der Waals surface area (Å²) >= 11 is 0. The lowest BCUT2D eigenvalue weighted by atomic mass is 10.2. The third kappa shape index (κ3) is 2.72. The highest BCUT2D eigenvalue weighted by Gasteiger charge is 2.27. The molecule has 1 fully saturated rings. The number of nitrogens with zero attached hydrogens (tertiary/aromatic N) is 5. The van der Waals surface area contributed by atoms with Crippen molar-refractivity contribution in [1.29, 1.82) is 0 Å². The molecule has 1 saturated heterocycles. The van der Waals surface area contributed by atoms with Crippen molar-refractivity contribution in [3.8, 4) is 0 Å². The molecule has 0 bridgehead atoms. The Balaban J connectivity index is 1.81. The van der Waals surface area contributed by atoms with Crippen LogP contribution in [0.2, 0.25) is 0 Å². The quantitative estimate of drug-likeness (QED) is 0.743. The van der Waals surface area contributed by atoms with Crippen LogP contribution < -0.4 is 0 Å². The summed E-state index contributed by atoms with van der Waals surface area (Å²) in [5.41, 5.74) is 1.28. The fraction of sp³-hybridized carbons (Fsp3) is 0.571. The molecule has 2 aromatic heterocycles. The third-order valence-corrected chi connectivity index (χ3v) is 4.05. The van der Waals surface area contributed by atoms with Crippen molar-refractivity contribution in [2.45, 2.75) is 6.10 Å². The molecule has 1 amide bonds. The number of aryl methyl sites for hydroxylation is 1. The molecule has 1 atom stereocenters. The summed E-state index contributed by atoms with van der Waals surface area (Å²) < 4.78 is 3.52. The van der Waals surface area contributed by atoms with E-state index < -0.39 is 6.10 Å². The topological polar surface area (TPSA) is 86.2 Å². The Bertz CT molecular complexity index is 665. The van der Waals surface area contributed by atoms with Crippen molar-refractivity contribution >= 4 is 11.6 Å². The van der Waals surface area contributed by atoms with Crippen LogP contribution in [0.25, 0.3) is 5.65 Å². The predicted molar refractivity (Wildman–Crippen MR) is 79.6 cm³/mol. The summed E-state index contributed by atoms with van der Waals surface area (Å²) in [6.45, 7) is 2.49. The second kappa shape index (κ2) is 6.07. The first-order valence-corrected chi connectivity index (χ1v) is 7.39. The minimum Gasteiger partial charge on any atom is -0.395 e. The standard InChI is InChI=1S/C14H21N5O3/c1-16-2-5-19-13(16)12(8-15-19)14(22)18-4-3-17(6-7-20)9-11(21)10-18/h2,5,8,11,20-21H,3-4,6-7,9-10H2,1H3/t11-/m0/s1. The van der Waals surface area contributed by atoms with Crippen LogP contribution in [-0.4, -0.2) is 85.5 Å². The zero-order valence-corrected chi connectivity index (χ0v) is 12.6. The molecule has 3 heterocycles. The fourth-order valence-corrected chi connectivity index (χ4v) is 2.96. The molecule has 8 heteroatoms. The molecule has 0 saturated carbocycles. The first-order valence-electron chi connectivity index (χ1n) is 7.39. The molecule has 2 N–H and O–H groups in total. The summed E-state index contributed by atoms with van der Waals surface area (Å²) in [6, 6.07) is 0. The molecule has 120 valence electrons. The molecule has 1 aliphatic heterocycles. The van der Waals surface area contributed by atoms with Crippen LogP contribution in [0.3, 0.4) is 0 Å². The molecular formula is C14H21N5O3. The summed E-state index contributed by atoms with van der Waals surface area (Å²) in [5.74, 6) is -0.123. The lowest BCUT2D eigenvalue weighted by Gasteiger charge is -2.21. The summed E-state index contributed by atoms with van der Waals surface area (Å²) in [5, 5.41) is 23.3. The maximum atomic E-state index is 12.8. The molecule has 22 heavy (non-hydrogen) atoms. The summed E-state index contributed by atoms with van der Waals surface area (Å²) in [6.07, 6.45) is 4.60. The molecule has 2 aromatic rings. The average Bonchev–Trinajstić information content (AvgIpc) is 3.00. The van der Waals surface area contributed by atoms with Gasteiger partial charge in [-0.25, -0.2) is 4.52 Å². The van der Waals surface area contributed by atoms with E-state index >= 15 is 0 Å². The highest BCUT2D eigenvalue weighted by Crippen LogP contribution is 2.15. The Morgan fingerprint density at radius 3 is 2.95 bits per heavy atom. The minimum absolute atomic E-state index is 0.0497. The van der Waals surface area contributed by atoms with Crippen LogP contribution >= 0.6 is 0 Å². The molecular weight excluding hydrogens is 286 g/mol. The van der Waals surface area contributed by atoms with Crippen molar-refractivity contribution < 1.29 is 15.0 Å². The van der Waals surface area contributed by atoms with Gasteiger partial charge in [0.05, 0.1) is 18.9 Å². The van der Waals surface area contributed by atoms with Crippen LogP contribution in [0.15, 0.2) is 18.6 Å². The SMILES string of the molecule is Cn1ccn2ncc(C(=O)N3CCN(CCO)C[C@H](O)C3)c12. The number of β-amino-alcohol motifs (C(OH)–C–C–N with tert-alkyl or cyclic N) is 2. The van der Waals surface area contributed by atoms with E-state index in [0.717, 1.165) is 5.65 Å². The fourth-order valence-electron chi connectivity index (χ4n) is 2.96. The lowest BCUT2D eigenvalue weighted by Crippen LogP contribution is -2.37. The van der Waals surface area contributed by atoms with Crippen molar-refractivity contribution in [3.05, 3.63) is 24.2 Å². The number of aliphatic hydroxyl groups is 2. The van der Waals surface area contributed by atoms with E-state index in [1.807, 2.05) is 22.7 Å². The van der Waals surface area contributed by atoms with Crippen LogP contribution in [0, 0.1) is 0 Å². The Morgan fingerprint density at radius 1 is 1.36 bits per heavy atom. The number of fused-ring (bicyclic) bond motifs is 1. The van der Waals surface area contributed by atoms with Crippen molar-refractivity contribution in [1.82, 2.24) is 24.0 Å². The van der Waals surface area contributed by atoms with Crippen molar-refractivity contribution in [2.24, 2.45) is 7.05 Å². The number of carbonyl (C=O) groups excluding carboxylic acids is 1. The average molecular weight is 307 g/mol. The van der Waals surface area contributed by atoms with Gasteiger partial charge in [0.25, 0.3) is 5.91 Å². The number of rotatable bonds is 3. The number of hydrogen-bond donors (Lipinski definition) is 2. The first kappa shape index (κ1) is 15.0. The van der Waals surface area contributed by atoms with E-state index in [2.05, 4.69) is 5.10 Å². The molecule has 0 spiro atoms. The molecule has 0 unspecified atom stereocenters. The van der Waals surface area contributed by atoms with E-state index in [-0.39, 0.29) is 12.5 Å². The van der Waals surface area contributed by atoms with Gasteiger partial charge >= 0.3 is 0 Å². The summed E-state index contributed by atoms with van der Waals surface area (Å²) in [7, 11) is 1.87. The normalized spacial score (nSPS) is 20.5. The first-order chi connectivity index (χ1) is 10.6. The predicted octanol–water partition coefficient (Wildman–Crippen LogP) is -1.22. The van der Waals surface area contributed by atoms with E-state index in [9.17, 15) is 9.90 Å². The van der Waals surface area contributed by atoms with E-state index in [0.29, 0.717) is 38.3 Å². The minimum atomic E-state index is -0.613. The monoisotopic (exact) mass is 307 g/mol. The Labute approximate surface area is 128 Å². The molecule has 0 aromatic carbocycles. The highest BCUT2D eigenvalue weighted by atomic mass is 16.3. The van der Waals surface area contributed by atoms with Crippen molar-refractivity contribution in [2.75, 3.05) is 39.3 Å². The number of hydrogen-bond acceptors (Lipinski definition) is 5.